The number of nitrogens with zero attached hydrogens (tertiary/aromatic N) is 2. The summed E-state index contributed by atoms with van der Waals surface area (Å²) in [6.07, 6.45) is 0.603. The molecule has 1 aliphatic heterocycles. The molecule has 1 aromatic rings. The van der Waals surface area contributed by atoms with E-state index in [1.54, 1.807) is 18.0 Å². The molecule has 6 heteroatoms. The molecule has 0 aromatic heterocycles. The summed E-state index contributed by atoms with van der Waals surface area (Å²) in [7, 11) is 1.65. The number of nitrogens with one attached hydrogen (secondary N) is 1. The summed E-state index contributed by atoms with van der Waals surface area (Å²) < 4.78 is 0. The van der Waals surface area contributed by atoms with Gasteiger partial charge in [-0.2, -0.15) is 0 Å². The Hall–Kier alpha value is -1.75. The molecule has 0 bridgehead atoms. The molecule has 1 aliphatic rings. The molecule has 114 valence electrons. The molecule has 1 fully saturated rings. The van der Waals surface area contributed by atoms with Crippen molar-refractivity contribution in [1.29, 1.82) is 0 Å². The summed E-state index contributed by atoms with van der Waals surface area (Å²) in [5.41, 5.74) is 0.698. The van der Waals surface area contributed by atoms with Gasteiger partial charge in [0, 0.05) is 19.6 Å². The molecular weight excluding hydrogens is 290 g/mol. The van der Waals surface area contributed by atoms with E-state index in [1.165, 1.54) is 4.90 Å². The van der Waals surface area contributed by atoms with Crippen LogP contribution in [-0.2, 0) is 4.79 Å². The van der Waals surface area contributed by atoms with Gasteiger partial charge in [-0.05, 0) is 32.4 Å². The Kier molecular flexibility index (Phi) is 4.73. The number of hydrogen-bond donors (Lipinski definition) is 1. The number of halogens is 1. The van der Waals surface area contributed by atoms with Gasteiger partial charge in [-0.25, -0.2) is 4.79 Å². The fraction of sp³-hybridized carbons (Fsp3) is 0.467. The number of hydrogen-bond acceptors (Lipinski definition) is 2. The van der Waals surface area contributed by atoms with E-state index in [0.29, 0.717) is 23.7 Å². The van der Waals surface area contributed by atoms with Gasteiger partial charge in [0.1, 0.15) is 6.04 Å². The normalized spacial score (nSPS) is 18.2. The molecule has 3 amide bonds. The molecule has 1 saturated heterocycles. The number of likely N-dealkylation sites (N-methyl/N-ethyl adjacent to an activating group) is 1. The van der Waals surface area contributed by atoms with Gasteiger partial charge in [-0.15, -0.1) is 0 Å². The van der Waals surface area contributed by atoms with Gasteiger partial charge in [-0.3, -0.25) is 4.79 Å². The Morgan fingerprint density at radius 1 is 1.43 bits per heavy atom. The summed E-state index contributed by atoms with van der Waals surface area (Å²) in [5, 5.41) is 3.34. The average molecular weight is 310 g/mol. The van der Waals surface area contributed by atoms with Crippen molar-refractivity contribution in [2.45, 2.75) is 32.4 Å². The third kappa shape index (κ3) is 3.29. The Morgan fingerprint density at radius 2 is 2.10 bits per heavy atom. The van der Waals surface area contributed by atoms with E-state index >= 15 is 0 Å². The monoisotopic (exact) mass is 309 g/mol. The SMILES string of the molecule is CC(C)NC(=O)N(C)[C@H]1CCN(c2ccccc2Cl)C1=O. The number of anilines is 1. The highest BCUT2D eigenvalue weighted by Crippen LogP contribution is 2.30. The topological polar surface area (TPSA) is 52.7 Å². The molecule has 1 heterocycles. The zero-order chi connectivity index (χ0) is 15.6. The first-order valence-corrected chi connectivity index (χ1v) is 7.39. The summed E-state index contributed by atoms with van der Waals surface area (Å²) >= 11 is 6.14. The lowest BCUT2D eigenvalue weighted by Gasteiger charge is -2.25. The number of amides is 3. The summed E-state index contributed by atoms with van der Waals surface area (Å²) in [6, 6.07) is 6.60. The quantitative estimate of drug-likeness (QED) is 0.932. The predicted molar refractivity (Wildman–Crippen MR) is 83.6 cm³/mol. The average Bonchev–Trinajstić information content (AvgIpc) is 2.79. The Balaban J connectivity index is 2.12. The second kappa shape index (κ2) is 6.35. The molecule has 0 aliphatic carbocycles. The lowest BCUT2D eigenvalue weighted by molar-refractivity contribution is -0.120. The van der Waals surface area contributed by atoms with Crippen molar-refractivity contribution < 1.29 is 9.59 Å². The molecule has 1 aromatic carbocycles. The minimum Gasteiger partial charge on any atom is -0.336 e. The van der Waals surface area contributed by atoms with Crippen LogP contribution < -0.4 is 10.2 Å². The highest BCUT2D eigenvalue weighted by atomic mass is 35.5. The largest absolute Gasteiger partial charge is 0.336 e. The van der Waals surface area contributed by atoms with E-state index in [9.17, 15) is 9.59 Å². The van der Waals surface area contributed by atoms with E-state index in [2.05, 4.69) is 5.32 Å². The highest BCUT2D eigenvalue weighted by molar-refractivity contribution is 6.34. The van der Waals surface area contributed by atoms with Crippen molar-refractivity contribution >= 4 is 29.2 Å². The molecular formula is C15H20ClN3O2. The van der Waals surface area contributed by atoms with Crippen molar-refractivity contribution in [2.24, 2.45) is 0 Å². The van der Waals surface area contributed by atoms with Crippen LogP contribution in [0.1, 0.15) is 20.3 Å². The maximum atomic E-state index is 12.5. The molecule has 2 rings (SSSR count). The number of rotatable bonds is 3. The fourth-order valence-electron chi connectivity index (χ4n) is 2.42. The van der Waals surface area contributed by atoms with Crippen LogP contribution >= 0.6 is 11.6 Å². The van der Waals surface area contributed by atoms with Crippen LogP contribution in [0.3, 0.4) is 0 Å². The first-order valence-electron chi connectivity index (χ1n) is 7.01. The standard InChI is InChI=1S/C15H20ClN3O2/c1-10(2)17-15(21)18(3)13-8-9-19(14(13)20)12-7-5-4-6-11(12)16/h4-7,10,13H,8-9H2,1-3H3,(H,17,21)/t13-/m0/s1. The minimum absolute atomic E-state index is 0.0381. The van der Waals surface area contributed by atoms with Crippen molar-refractivity contribution in [3.05, 3.63) is 29.3 Å². The second-order valence-corrected chi connectivity index (χ2v) is 5.87. The van der Waals surface area contributed by atoms with Crippen molar-refractivity contribution in [1.82, 2.24) is 10.2 Å². The number of carbonyl (C=O) groups is 2. The number of para-hydroxylation sites is 1. The van der Waals surface area contributed by atoms with Crippen molar-refractivity contribution in [3.8, 4) is 0 Å². The first kappa shape index (κ1) is 15.6. The van der Waals surface area contributed by atoms with Gasteiger partial charge in [0.2, 0.25) is 5.91 Å². The Labute approximate surface area is 129 Å². The number of benzene rings is 1. The fourth-order valence-corrected chi connectivity index (χ4v) is 2.66. The van der Waals surface area contributed by atoms with Crippen LogP contribution in [0.4, 0.5) is 10.5 Å². The van der Waals surface area contributed by atoms with Crippen LogP contribution in [0.25, 0.3) is 0 Å². The van der Waals surface area contributed by atoms with Crippen LogP contribution in [0.2, 0.25) is 5.02 Å². The summed E-state index contributed by atoms with van der Waals surface area (Å²) in [6.45, 7) is 4.34. The third-order valence-electron chi connectivity index (χ3n) is 3.52. The van der Waals surface area contributed by atoms with Crippen molar-refractivity contribution in [3.63, 3.8) is 0 Å². The number of carbonyl (C=O) groups excluding carboxylic acids is 2. The van der Waals surface area contributed by atoms with Gasteiger partial charge < -0.3 is 15.1 Å². The smallest absolute Gasteiger partial charge is 0.318 e. The van der Waals surface area contributed by atoms with E-state index in [-0.39, 0.29) is 18.0 Å². The first-order chi connectivity index (χ1) is 9.91. The van der Waals surface area contributed by atoms with Crippen LogP contribution in [0.15, 0.2) is 24.3 Å². The van der Waals surface area contributed by atoms with E-state index < -0.39 is 6.04 Å². The molecule has 5 nitrogen and oxygen atoms in total. The maximum absolute atomic E-state index is 12.5. The van der Waals surface area contributed by atoms with E-state index in [4.69, 9.17) is 11.6 Å². The van der Waals surface area contributed by atoms with Gasteiger partial charge in [0.25, 0.3) is 0 Å². The van der Waals surface area contributed by atoms with Crippen molar-refractivity contribution in [2.75, 3.05) is 18.5 Å². The minimum atomic E-state index is -0.444. The number of urea groups is 1. The zero-order valence-electron chi connectivity index (χ0n) is 12.5. The van der Waals surface area contributed by atoms with Gasteiger partial charge in [-0.1, -0.05) is 23.7 Å². The van der Waals surface area contributed by atoms with E-state index in [0.717, 1.165) is 0 Å². The third-order valence-corrected chi connectivity index (χ3v) is 3.84. The van der Waals surface area contributed by atoms with Gasteiger partial charge in [0.05, 0.1) is 10.7 Å². The Bertz CT molecular complexity index is 547. The Morgan fingerprint density at radius 3 is 2.71 bits per heavy atom. The van der Waals surface area contributed by atoms with Crippen LogP contribution in [-0.4, -0.2) is 42.5 Å². The predicted octanol–water partition coefficient (Wildman–Crippen LogP) is 2.50. The molecule has 0 spiro atoms. The second-order valence-electron chi connectivity index (χ2n) is 5.46. The maximum Gasteiger partial charge on any atom is 0.318 e. The van der Waals surface area contributed by atoms with Crippen LogP contribution in [0, 0.1) is 0 Å². The van der Waals surface area contributed by atoms with Crippen LogP contribution in [0.5, 0.6) is 0 Å². The lowest BCUT2D eigenvalue weighted by atomic mass is 10.2. The molecule has 0 radical (unpaired) electrons. The molecule has 0 unspecified atom stereocenters. The van der Waals surface area contributed by atoms with Gasteiger partial charge in [0.15, 0.2) is 0 Å². The summed E-state index contributed by atoms with van der Waals surface area (Å²) in [4.78, 5) is 27.7. The lowest BCUT2D eigenvalue weighted by Crippen LogP contribution is -2.48. The molecule has 1 atom stereocenters. The molecule has 1 N–H and O–H groups in total. The molecule has 0 saturated carbocycles. The highest BCUT2D eigenvalue weighted by Gasteiger charge is 2.37. The molecule has 21 heavy (non-hydrogen) atoms. The zero-order valence-corrected chi connectivity index (χ0v) is 13.2. The summed E-state index contributed by atoms with van der Waals surface area (Å²) in [5.74, 6) is -0.0930. The van der Waals surface area contributed by atoms with E-state index in [1.807, 2.05) is 32.0 Å². The van der Waals surface area contributed by atoms with Gasteiger partial charge >= 0.3 is 6.03 Å².